The third-order valence-electron chi connectivity index (χ3n) is 4.24. The number of carbonyl (C=O) groups excluding carboxylic acids is 1. The van der Waals surface area contributed by atoms with E-state index < -0.39 is 6.10 Å². The van der Waals surface area contributed by atoms with E-state index in [1.807, 2.05) is 10.7 Å². The number of aliphatic hydroxyl groups excluding tert-OH is 1. The van der Waals surface area contributed by atoms with Gasteiger partial charge in [-0.05, 0) is 45.6 Å². The van der Waals surface area contributed by atoms with Crippen molar-refractivity contribution in [1.29, 1.82) is 0 Å². The molecule has 0 bridgehead atoms. The molecule has 1 aromatic rings. The Morgan fingerprint density at radius 1 is 1.36 bits per heavy atom. The van der Waals surface area contributed by atoms with Gasteiger partial charge in [-0.15, -0.1) is 0 Å². The first kappa shape index (κ1) is 17.0. The number of rotatable bonds is 3. The Balaban J connectivity index is 2.19. The fourth-order valence-corrected chi connectivity index (χ4v) is 2.98. The number of hydrogen-bond acceptors (Lipinski definition) is 3. The van der Waals surface area contributed by atoms with Crippen molar-refractivity contribution in [3.8, 4) is 0 Å². The maximum absolute atomic E-state index is 12.5. The molecule has 5 nitrogen and oxygen atoms in total. The number of hydrogen-bond donors (Lipinski definition) is 2. The van der Waals surface area contributed by atoms with Gasteiger partial charge in [0.25, 0.3) is 5.91 Å². The summed E-state index contributed by atoms with van der Waals surface area (Å²) in [7, 11) is 0. The van der Waals surface area contributed by atoms with Crippen molar-refractivity contribution in [1.82, 2.24) is 15.1 Å². The van der Waals surface area contributed by atoms with Crippen molar-refractivity contribution in [3.63, 3.8) is 0 Å². The van der Waals surface area contributed by atoms with E-state index in [0.29, 0.717) is 11.6 Å². The zero-order valence-corrected chi connectivity index (χ0v) is 14.4. The van der Waals surface area contributed by atoms with E-state index in [1.54, 1.807) is 0 Å². The van der Waals surface area contributed by atoms with Gasteiger partial charge in [0.2, 0.25) is 0 Å². The molecule has 0 aromatic carbocycles. The molecule has 0 aliphatic heterocycles. The Bertz CT molecular complexity index is 528. The summed E-state index contributed by atoms with van der Waals surface area (Å²) >= 11 is 0. The second-order valence-corrected chi connectivity index (χ2v) is 7.62. The highest BCUT2D eigenvalue weighted by atomic mass is 16.3. The quantitative estimate of drug-likeness (QED) is 0.902. The Morgan fingerprint density at radius 2 is 2.00 bits per heavy atom. The molecule has 5 heteroatoms. The fourth-order valence-electron chi connectivity index (χ4n) is 2.98. The zero-order valence-electron chi connectivity index (χ0n) is 14.4. The minimum atomic E-state index is -0.438. The molecule has 124 valence electrons. The third kappa shape index (κ3) is 3.69. The molecule has 1 fully saturated rings. The SMILES string of the molecule is CC(C)c1cc(C(=O)NC2CCCCC2O)nn1C(C)(C)C. The first-order valence-corrected chi connectivity index (χ1v) is 8.29. The molecule has 22 heavy (non-hydrogen) atoms. The van der Waals surface area contributed by atoms with Crippen molar-refractivity contribution >= 4 is 5.91 Å². The lowest BCUT2D eigenvalue weighted by Crippen LogP contribution is -2.45. The van der Waals surface area contributed by atoms with Crippen LogP contribution in [-0.4, -0.2) is 32.9 Å². The molecular formula is C17H29N3O2. The van der Waals surface area contributed by atoms with Gasteiger partial charge in [-0.3, -0.25) is 9.48 Å². The lowest BCUT2D eigenvalue weighted by molar-refractivity contribution is 0.0712. The van der Waals surface area contributed by atoms with Gasteiger partial charge in [-0.25, -0.2) is 0 Å². The van der Waals surface area contributed by atoms with Gasteiger partial charge < -0.3 is 10.4 Å². The summed E-state index contributed by atoms with van der Waals surface area (Å²) < 4.78 is 1.93. The summed E-state index contributed by atoms with van der Waals surface area (Å²) in [6.07, 6.45) is 3.24. The summed E-state index contributed by atoms with van der Waals surface area (Å²) in [5.74, 6) is 0.115. The van der Waals surface area contributed by atoms with Gasteiger partial charge in [-0.1, -0.05) is 26.7 Å². The van der Waals surface area contributed by atoms with E-state index in [2.05, 4.69) is 45.0 Å². The Labute approximate surface area is 133 Å². The predicted octanol–water partition coefficient (Wildman–Crippen LogP) is 2.79. The molecule has 2 atom stereocenters. The molecule has 2 rings (SSSR count). The minimum Gasteiger partial charge on any atom is -0.391 e. The summed E-state index contributed by atoms with van der Waals surface area (Å²) in [6.45, 7) is 10.5. The molecule has 0 spiro atoms. The molecular weight excluding hydrogens is 278 g/mol. The monoisotopic (exact) mass is 307 g/mol. The molecule has 1 aliphatic carbocycles. The molecule has 1 saturated carbocycles. The van der Waals surface area contributed by atoms with Crippen molar-refractivity contribution in [3.05, 3.63) is 17.5 Å². The molecule has 1 heterocycles. The average Bonchev–Trinajstić information content (AvgIpc) is 2.86. The fraction of sp³-hybridized carbons (Fsp3) is 0.765. The maximum atomic E-state index is 12.5. The van der Waals surface area contributed by atoms with Crippen LogP contribution < -0.4 is 5.32 Å². The van der Waals surface area contributed by atoms with Crippen LogP contribution in [0.5, 0.6) is 0 Å². The summed E-state index contributed by atoms with van der Waals surface area (Å²) in [6, 6.07) is 1.73. The number of carbonyl (C=O) groups is 1. The van der Waals surface area contributed by atoms with Crippen molar-refractivity contribution in [2.75, 3.05) is 0 Å². The number of nitrogens with zero attached hydrogens (tertiary/aromatic N) is 2. The van der Waals surface area contributed by atoms with Crippen LogP contribution in [0.25, 0.3) is 0 Å². The zero-order chi connectivity index (χ0) is 16.5. The smallest absolute Gasteiger partial charge is 0.272 e. The van der Waals surface area contributed by atoms with Crippen LogP contribution in [0.3, 0.4) is 0 Å². The first-order valence-electron chi connectivity index (χ1n) is 8.29. The van der Waals surface area contributed by atoms with Gasteiger partial charge >= 0.3 is 0 Å². The third-order valence-corrected chi connectivity index (χ3v) is 4.24. The van der Waals surface area contributed by atoms with Crippen LogP contribution in [0.15, 0.2) is 6.07 Å². The lowest BCUT2D eigenvalue weighted by atomic mass is 9.92. The van der Waals surface area contributed by atoms with Gasteiger partial charge in [0.1, 0.15) is 5.69 Å². The predicted molar refractivity (Wildman–Crippen MR) is 87.0 cm³/mol. The van der Waals surface area contributed by atoms with Gasteiger partial charge in [0.15, 0.2) is 0 Å². The van der Waals surface area contributed by atoms with E-state index >= 15 is 0 Å². The number of amides is 1. The number of aromatic nitrogens is 2. The molecule has 2 N–H and O–H groups in total. The average molecular weight is 307 g/mol. The molecule has 1 aliphatic rings. The van der Waals surface area contributed by atoms with Crippen LogP contribution in [-0.2, 0) is 5.54 Å². The number of nitrogens with one attached hydrogen (secondary N) is 1. The van der Waals surface area contributed by atoms with Crippen molar-refractivity contribution in [2.45, 2.75) is 83.9 Å². The summed E-state index contributed by atoms with van der Waals surface area (Å²) in [4.78, 5) is 12.5. The first-order chi connectivity index (χ1) is 10.2. The van der Waals surface area contributed by atoms with Crippen LogP contribution in [0.2, 0.25) is 0 Å². The molecule has 1 aromatic heterocycles. The van der Waals surface area contributed by atoms with Crippen LogP contribution >= 0.6 is 0 Å². The van der Waals surface area contributed by atoms with E-state index in [0.717, 1.165) is 31.4 Å². The highest BCUT2D eigenvalue weighted by Crippen LogP contribution is 2.24. The van der Waals surface area contributed by atoms with Crippen molar-refractivity contribution < 1.29 is 9.90 Å². The molecule has 0 radical (unpaired) electrons. The highest BCUT2D eigenvalue weighted by Gasteiger charge is 2.28. The summed E-state index contributed by atoms with van der Waals surface area (Å²) in [5.41, 5.74) is 1.33. The van der Waals surface area contributed by atoms with E-state index in [4.69, 9.17) is 0 Å². The van der Waals surface area contributed by atoms with Crippen LogP contribution in [0, 0.1) is 0 Å². The maximum Gasteiger partial charge on any atom is 0.272 e. The second-order valence-electron chi connectivity index (χ2n) is 7.62. The Morgan fingerprint density at radius 3 is 2.50 bits per heavy atom. The highest BCUT2D eigenvalue weighted by molar-refractivity contribution is 5.92. The normalized spacial score (nSPS) is 22.9. The van der Waals surface area contributed by atoms with Gasteiger partial charge in [0.05, 0.1) is 17.7 Å². The molecule has 0 saturated heterocycles. The van der Waals surface area contributed by atoms with Gasteiger partial charge in [0, 0.05) is 5.69 Å². The minimum absolute atomic E-state index is 0.150. The van der Waals surface area contributed by atoms with E-state index in [-0.39, 0.29) is 17.5 Å². The van der Waals surface area contributed by atoms with Crippen LogP contribution in [0.1, 0.15) is 82.4 Å². The van der Waals surface area contributed by atoms with Gasteiger partial charge in [-0.2, -0.15) is 5.10 Å². The second kappa shape index (κ2) is 6.41. The van der Waals surface area contributed by atoms with Crippen molar-refractivity contribution in [2.24, 2.45) is 0 Å². The lowest BCUT2D eigenvalue weighted by Gasteiger charge is -2.28. The van der Waals surface area contributed by atoms with Crippen LogP contribution in [0.4, 0.5) is 0 Å². The van der Waals surface area contributed by atoms with E-state index in [9.17, 15) is 9.90 Å². The standard InChI is InChI=1S/C17H29N3O2/c1-11(2)14-10-13(19-20(14)17(3,4)5)16(22)18-12-8-6-7-9-15(12)21/h10-12,15,21H,6-9H2,1-5H3,(H,18,22). The largest absolute Gasteiger partial charge is 0.391 e. The molecule has 1 amide bonds. The number of aliphatic hydroxyl groups is 1. The molecule has 2 unspecified atom stereocenters. The Kier molecular flexibility index (Phi) is 4.95. The topological polar surface area (TPSA) is 67.2 Å². The Hall–Kier alpha value is -1.36. The van der Waals surface area contributed by atoms with E-state index in [1.165, 1.54) is 0 Å². The summed E-state index contributed by atoms with van der Waals surface area (Å²) in [5, 5.41) is 17.5.